The zero-order valence-electron chi connectivity index (χ0n) is 14.8. The van der Waals surface area contributed by atoms with E-state index in [0.717, 1.165) is 4.90 Å². The van der Waals surface area contributed by atoms with Crippen LogP contribution in [0.4, 0.5) is 11.4 Å². The number of hydrazine groups is 1. The molecule has 2 aromatic carbocycles. The molecule has 0 radical (unpaired) electrons. The summed E-state index contributed by atoms with van der Waals surface area (Å²) in [6.45, 7) is 1.37. The Kier molecular flexibility index (Phi) is 3.92. The molecule has 1 fully saturated rings. The Hall–Kier alpha value is -3.61. The lowest BCUT2D eigenvalue weighted by atomic mass is 10.1. The maximum Gasteiger partial charge on any atom is 0.266 e. The highest BCUT2D eigenvalue weighted by atomic mass is 16.5. The fourth-order valence-corrected chi connectivity index (χ4v) is 3.42. The average molecular weight is 363 g/mol. The monoisotopic (exact) mass is 363 g/mol. The van der Waals surface area contributed by atoms with Crippen molar-refractivity contribution in [3.63, 3.8) is 0 Å². The topological polar surface area (TPSA) is 79.0 Å². The molecular weight excluding hydrogens is 346 g/mol. The van der Waals surface area contributed by atoms with Gasteiger partial charge in [-0.3, -0.25) is 24.8 Å². The number of ketones is 1. The Balaban J connectivity index is 1.85. The van der Waals surface area contributed by atoms with Crippen LogP contribution in [0.2, 0.25) is 0 Å². The number of para-hydroxylation sites is 3. The number of benzene rings is 2. The quantitative estimate of drug-likeness (QED) is 0.835. The summed E-state index contributed by atoms with van der Waals surface area (Å²) < 4.78 is 5.30. The van der Waals surface area contributed by atoms with Crippen molar-refractivity contribution in [3.05, 3.63) is 65.9 Å². The highest BCUT2D eigenvalue weighted by Gasteiger charge is 2.54. The van der Waals surface area contributed by atoms with Crippen LogP contribution in [0.1, 0.15) is 6.92 Å². The van der Waals surface area contributed by atoms with Crippen LogP contribution in [0.15, 0.2) is 65.9 Å². The van der Waals surface area contributed by atoms with Crippen LogP contribution < -0.4 is 20.1 Å². The summed E-state index contributed by atoms with van der Waals surface area (Å²) in [5, 5.41) is 1.56. The van der Waals surface area contributed by atoms with Gasteiger partial charge in [-0.1, -0.05) is 30.3 Å². The van der Waals surface area contributed by atoms with Gasteiger partial charge in [-0.05, 0) is 24.3 Å². The molecule has 27 heavy (non-hydrogen) atoms. The predicted molar refractivity (Wildman–Crippen MR) is 99.0 cm³/mol. The largest absolute Gasteiger partial charge is 0.495 e. The predicted octanol–water partition coefficient (Wildman–Crippen LogP) is 1.80. The van der Waals surface area contributed by atoms with Crippen LogP contribution in [0.3, 0.4) is 0 Å². The average Bonchev–Trinajstić information content (AvgIpc) is 3.20. The van der Waals surface area contributed by atoms with Crippen molar-refractivity contribution in [1.82, 2.24) is 5.43 Å². The third-order valence-electron chi connectivity index (χ3n) is 4.63. The second-order valence-electron chi connectivity index (χ2n) is 6.22. The lowest BCUT2D eigenvalue weighted by Crippen LogP contribution is -2.46. The van der Waals surface area contributed by atoms with Gasteiger partial charge in [0.25, 0.3) is 11.8 Å². The molecule has 1 atom stereocenters. The minimum atomic E-state index is -0.913. The van der Waals surface area contributed by atoms with E-state index in [-0.39, 0.29) is 17.1 Å². The van der Waals surface area contributed by atoms with Gasteiger partial charge in [-0.15, -0.1) is 0 Å². The van der Waals surface area contributed by atoms with Gasteiger partial charge >= 0.3 is 0 Å². The Bertz CT molecular complexity index is 984. The number of carbonyl (C=O) groups is 3. The van der Waals surface area contributed by atoms with Crippen LogP contribution in [0.5, 0.6) is 5.75 Å². The van der Waals surface area contributed by atoms with E-state index in [0.29, 0.717) is 17.1 Å². The highest BCUT2D eigenvalue weighted by molar-refractivity contribution is 6.34. The molecule has 0 spiro atoms. The molecule has 0 aromatic heterocycles. The first-order valence-corrected chi connectivity index (χ1v) is 8.42. The van der Waals surface area contributed by atoms with Gasteiger partial charge in [0.1, 0.15) is 11.4 Å². The molecule has 1 unspecified atom stereocenters. The highest BCUT2D eigenvalue weighted by Crippen LogP contribution is 2.39. The number of imide groups is 1. The fourth-order valence-electron chi connectivity index (χ4n) is 3.42. The van der Waals surface area contributed by atoms with E-state index in [1.807, 2.05) is 18.2 Å². The Morgan fingerprint density at radius 3 is 2.37 bits per heavy atom. The van der Waals surface area contributed by atoms with Gasteiger partial charge in [0.05, 0.1) is 24.1 Å². The van der Waals surface area contributed by atoms with Gasteiger partial charge in [0.15, 0.2) is 11.8 Å². The van der Waals surface area contributed by atoms with Gasteiger partial charge in [-0.25, -0.2) is 4.90 Å². The molecule has 4 rings (SSSR count). The number of anilines is 2. The number of hydrogen-bond acceptors (Lipinski definition) is 6. The fraction of sp³-hybridized carbons (Fsp3) is 0.150. The van der Waals surface area contributed by atoms with Crippen molar-refractivity contribution in [1.29, 1.82) is 0 Å². The normalized spacial score (nSPS) is 18.7. The lowest BCUT2D eigenvalue weighted by molar-refractivity contribution is -0.121. The van der Waals surface area contributed by atoms with E-state index in [1.54, 1.807) is 41.4 Å². The summed E-state index contributed by atoms with van der Waals surface area (Å²) in [6, 6.07) is 15.0. The van der Waals surface area contributed by atoms with Crippen LogP contribution in [-0.4, -0.2) is 30.7 Å². The molecule has 1 N–H and O–H groups in total. The maximum absolute atomic E-state index is 13.2. The van der Waals surface area contributed by atoms with E-state index in [4.69, 9.17) is 4.74 Å². The standard InChI is InChI=1S/C20H17N3O4/c1-12(24)17-16-18(23(21-17)13-8-4-3-5-9-13)20(26)22(19(16)25)14-10-6-7-11-15(14)27-2/h3-11,18,21H,1-2H3. The number of rotatable bonds is 4. The molecule has 2 aromatic rings. The lowest BCUT2D eigenvalue weighted by Gasteiger charge is -2.26. The summed E-state index contributed by atoms with van der Waals surface area (Å²) in [6.07, 6.45) is 0. The summed E-state index contributed by atoms with van der Waals surface area (Å²) >= 11 is 0. The van der Waals surface area contributed by atoms with E-state index in [1.165, 1.54) is 14.0 Å². The van der Waals surface area contributed by atoms with Crippen molar-refractivity contribution >= 4 is 29.0 Å². The molecule has 2 heterocycles. The number of methoxy groups -OCH3 is 1. The van der Waals surface area contributed by atoms with Crippen LogP contribution in [0, 0.1) is 0 Å². The number of fused-ring (bicyclic) bond motifs is 1. The van der Waals surface area contributed by atoms with E-state index in [9.17, 15) is 14.4 Å². The number of nitrogens with zero attached hydrogens (tertiary/aromatic N) is 2. The number of carbonyl (C=O) groups excluding carboxylic acids is 3. The van der Waals surface area contributed by atoms with Crippen molar-refractivity contribution < 1.29 is 19.1 Å². The molecule has 7 nitrogen and oxygen atoms in total. The van der Waals surface area contributed by atoms with Crippen molar-refractivity contribution in [2.24, 2.45) is 0 Å². The molecule has 0 saturated carbocycles. The summed E-state index contributed by atoms with van der Waals surface area (Å²) in [4.78, 5) is 39.6. The second-order valence-corrected chi connectivity index (χ2v) is 6.22. The smallest absolute Gasteiger partial charge is 0.266 e. The molecular formula is C20H17N3O4. The molecule has 0 bridgehead atoms. The first kappa shape index (κ1) is 16.8. The number of ether oxygens (including phenoxy) is 1. The summed E-state index contributed by atoms with van der Waals surface area (Å²) in [5.41, 5.74) is 4.26. The van der Waals surface area contributed by atoms with Crippen LogP contribution in [0.25, 0.3) is 0 Å². The Morgan fingerprint density at radius 2 is 1.70 bits per heavy atom. The number of nitrogens with one attached hydrogen (secondary N) is 1. The van der Waals surface area contributed by atoms with Crippen molar-refractivity contribution in [2.45, 2.75) is 13.0 Å². The van der Waals surface area contributed by atoms with E-state index < -0.39 is 17.9 Å². The molecule has 2 aliphatic heterocycles. The molecule has 0 aliphatic carbocycles. The van der Waals surface area contributed by atoms with Crippen molar-refractivity contribution in [3.8, 4) is 5.75 Å². The molecule has 136 valence electrons. The van der Waals surface area contributed by atoms with Gasteiger partial charge < -0.3 is 4.74 Å². The zero-order chi connectivity index (χ0) is 19.1. The van der Waals surface area contributed by atoms with Crippen LogP contribution >= 0.6 is 0 Å². The number of hydrogen-bond donors (Lipinski definition) is 1. The SMILES string of the molecule is COc1ccccc1N1C(=O)C2=C(C(C)=O)NN(c3ccccc3)C2C1=O. The minimum Gasteiger partial charge on any atom is -0.495 e. The first-order valence-electron chi connectivity index (χ1n) is 8.42. The molecule has 7 heteroatoms. The maximum atomic E-state index is 13.2. The third kappa shape index (κ3) is 2.47. The van der Waals surface area contributed by atoms with Crippen LogP contribution in [-0.2, 0) is 14.4 Å². The zero-order valence-corrected chi connectivity index (χ0v) is 14.8. The van der Waals surface area contributed by atoms with E-state index in [2.05, 4.69) is 5.43 Å². The third-order valence-corrected chi connectivity index (χ3v) is 4.63. The van der Waals surface area contributed by atoms with Gasteiger partial charge in [0, 0.05) is 6.92 Å². The number of Topliss-reactive ketones (excluding diaryl/α,β-unsaturated/α-hetero) is 1. The Labute approximate surface area is 155 Å². The minimum absolute atomic E-state index is 0.139. The molecule has 2 aliphatic rings. The van der Waals surface area contributed by atoms with Gasteiger partial charge in [-0.2, -0.15) is 0 Å². The Morgan fingerprint density at radius 1 is 1.04 bits per heavy atom. The molecule has 2 amide bonds. The summed E-state index contributed by atoms with van der Waals surface area (Å²) in [7, 11) is 1.47. The van der Waals surface area contributed by atoms with Crippen molar-refractivity contribution in [2.75, 3.05) is 17.0 Å². The van der Waals surface area contributed by atoms with E-state index >= 15 is 0 Å². The van der Waals surface area contributed by atoms with Gasteiger partial charge in [0.2, 0.25) is 0 Å². The summed E-state index contributed by atoms with van der Waals surface area (Å²) in [5.74, 6) is -0.863. The second kappa shape index (κ2) is 6.28. The number of allylic oxidation sites excluding steroid dienone is 1. The molecule has 1 saturated heterocycles. The number of amides is 2. The first-order chi connectivity index (χ1) is 13.0.